The highest BCUT2D eigenvalue weighted by molar-refractivity contribution is 5.71. The fourth-order valence-corrected chi connectivity index (χ4v) is 1.57. The van der Waals surface area contributed by atoms with Crippen LogP contribution < -0.4 is 0 Å². The third-order valence-corrected chi connectivity index (χ3v) is 2.49. The van der Waals surface area contributed by atoms with Crippen molar-refractivity contribution in [1.82, 2.24) is 0 Å². The molecule has 0 aromatic heterocycles. The zero-order valence-electron chi connectivity index (χ0n) is 14.3. The molecule has 0 aliphatic carbocycles. The van der Waals surface area contributed by atoms with Gasteiger partial charge in [-0.2, -0.15) is 0 Å². The van der Waals surface area contributed by atoms with Gasteiger partial charge >= 0.3 is 5.97 Å². The Morgan fingerprint density at radius 3 is 1.86 bits per heavy atom. The summed E-state index contributed by atoms with van der Waals surface area (Å²) in [5, 5.41) is 8.57. The van der Waals surface area contributed by atoms with E-state index in [0.29, 0.717) is 39.5 Å². The Morgan fingerprint density at radius 2 is 1.32 bits per heavy atom. The van der Waals surface area contributed by atoms with Crippen molar-refractivity contribution in [2.24, 2.45) is 0 Å². The minimum atomic E-state index is -0.467. The molecule has 0 saturated heterocycles. The van der Waals surface area contributed by atoms with Crippen molar-refractivity contribution in [3.05, 3.63) is 0 Å². The van der Waals surface area contributed by atoms with Gasteiger partial charge in [0.15, 0.2) is 0 Å². The van der Waals surface area contributed by atoms with E-state index in [0.717, 1.165) is 19.3 Å². The number of esters is 1. The molecule has 0 amide bonds. The molecular formula is C16H32O6. The van der Waals surface area contributed by atoms with Gasteiger partial charge in [-0.3, -0.25) is 0 Å². The number of aliphatic hydroxyl groups excluding tert-OH is 1. The summed E-state index contributed by atoms with van der Waals surface area (Å²) in [6, 6.07) is 0. The van der Waals surface area contributed by atoms with Crippen LogP contribution in [0, 0.1) is 0 Å². The lowest BCUT2D eigenvalue weighted by Crippen LogP contribution is -2.26. The minimum Gasteiger partial charge on any atom is -0.458 e. The highest BCUT2D eigenvalue weighted by Crippen LogP contribution is 2.06. The Hall–Kier alpha value is -0.690. The normalized spacial score (nSPS) is 11.6. The van der Waals surface area contributed by atoms with Crippen LogP contribution in [0.2, 0.25) is 0 Å². The van der Waals surface area contributed by atoms with Gasteiger partial charge < -0.3 is 24.1 Å². The monoisotopic (exact) mass is 320 g/mol. The van der Waals surface area contributed by atoms with Gasteiger partial charge in [-0.05, 0) is 46.5 Å². The Kier molecular flexibility index (Phi) is 13.5. The van der Waals surface area contributed by atoms with Crippen molar-refractivity contribution in [2.45, 2.75) is 52.1 Å². The van der Waals surface area contributed by atoms with Crippen LogP contribution in [0.15, 0.2) is 0 Å². The summed E-state index contributed by atoms with van der Waals surface area (Å²) in [6.45, 7) is 8.80. The van der Waals surface area contributed by atoms with Gasteiger partial charge in [0.05, 0.1) is 0 Å². The topological polar surface area (TPSA) is 74.2 Å². The molecule has 0 spiro atoms. The highest BCUT2D eigenvalue weighted by Gasteiger charge is 2.15. The van der Waals surface area contributed by atoms with E-state index in [9.17, 15) is 4.79 Å². The first-order valence-electron chi connectivity index (χ1n) is 8.01. The van der Waals surface area contributed by atoms with Crippen molar-refractivity contribution < 1.29 is 28.8 Å². The molecule has 0 aliphatic heterocycles. The van der Waals surface area contributed by atoms with Crippen LogP contribution in [0.3, 0.4) is 0 Å². The first kappa shape index (κ1) is 21.3. The number of rotatable bonds is 14. The van der Waals surface area contributed by atoms with Crippen LogP contribution in [0.1, 0.15) is 46.5 Å². The number of carbonyl (C=O) groups is 1. The molecule has 0 saturated carbocycles. The molecule has 0 bridgehead atoms. The molecule has 6 heteroatoms. The molecule has 0 atom stereocenters. The first-order valence-corrected chi connectivity index (χ1v) is 8.01. The maximum atomic E-state index is 11.4. The molecule has 0 unspecified atom stereocenters. The van der Waals surface area contributed by atoms with E-state index >= 15 is 0 Å². The van der Waals surface area contributed by atoms with Crippen LogP contribution in [-0.4, -0.2) is 62.9 Å². The SMILES string of the molecule is CC(C)(C)OC(=O)COCCCOCCCCOCCCO. The van der Waals surface area contributed by atoms with Crippen LogP contribution in [0.25, 0.3) is 0 Å². The van der Waals surface area contributed by atoms with Crippen LogP contribution in [-0.2, 0) is 23.7 Å². The maximum Gasteiger partial charge on any atom is 0.332 e. The van der Waals surface area contributed by atoms with Gasteiger partial charge in [0.25, 0.3) is 0 Å². The largest absolute Gasteiger partial charge is 0.458 e. The van der Waals surface area contributed by atoms with Crippen molar-refractivity contribution in [2.75, 3.05) is 46.2 Å². The summed E-state index contributed by atoms with van der Waals surface area (Å²) < 4.78 is 21.1. The van der Waals surface area contributed by atoms with E-state index in [1.165, 1.54) is 0 Å². The molecular weight excluding hydrogens is 288 g/mol. The van der Waals surface area contributed by atoms with E-state index in [2.05, 4.69) is 0 Å². The number of unbranched alkanes of at least 4 members (excludes halogenated alkanes) is 1. The van der Waals surface area contributed by atoms with E-state index in [4.69, 9.17) is 24.1 Å². The number of ether oxygens (including phenoxy) is 4. The second-order valence-corrected chi connectivity index (χ2v) is 6.00. The van der Waals surface area contributed by atoms with Gasteiger partial charge in [-0.25, -0.2) is 4.79 Å². The number of aliphatic hydroxyl groups is 1. The summed E-state index contributed by atoms with van der Waals surface area (Å²) in [5.41, 5.74) is -0.467. The molecule has 0 aromatic carbocycles. The Morgan fingerprint density at radius 1 is 0.818 bits per heavy atom. The number of hydrogen-bond acceptors (Lipinski definition) is 6. The fourth-order valence-electron chi connectivity index (χ4n) is 1.57. The third kappa shape index (κ3) is 17.4. The molecule has 0 aromatic rings. The standard InChI is InChI=1S/C16H32O6/c1-16(2,3)22-15(18)14-21-13-7-12-20-10-5-4-9-19-11-6-8-17/h17H,4-14H2,1-3H3. The van der Waals surface area contributed by atoms with E-state index in [1.807, 2.05) is 20.8 Å². The molecule has 0 heterocycles. The molecule has 0 aliphatic rings. The highest BCUT2D eigenvalue weighted by atomic mass is 16.6. The molecule has 6 nitrogen and oxygen atoms in total. The number of carbonyl (C=O) groups excluding carboxylic acids is 1. The predicted molar refractivity (Wildman–Crippen MR) is 83.9 cm³/mol. The zero-order chi connectivity index (χ0) is 16.7. The Balaban J connectivity index is 3.16. The van der Waals surface area contributed by atoms with Crippen LogP contribution in [0.4, 0.5) is 0 Å². The Bertz CT molecular complexity index is 262. The summed E-state index contributed by atoms with van der Waals surface area (Å²) in [7, 11) is 0. The zero-order valence-corrected chi connectivity index (χ0v) is 14.3. The van der Waals surface area contributed by atoms with Gasteiger partial charge in [0.2, 0.25) is 0 Å². The van der Waals surface area contributed by atoms with Crippen LogP contribution in [0.5, 0.6) is 0 Å². The van der Waals surface area contributed by atoms with Gasteiger partial charge in [0, 0.05) is 39.6 Å². The van der Waals surface area contributed by atoms with Crippen molar-refractivity contribution >= 4 is 5.97 Å². The lowest BCUT2D eigenvalue weighted by molar-refractivity contribution is -0.160. The molecule has 22 heavy (non-hydrogen) atoms. The summed E-state index contributed by atoms with van der Waals surface area (Å²) in [5.74, 6) is -0.338. The third-order valence-electron chi connectivity index (χ3n) is 2.49. The summed E-state index contributed by atoms with van der Waals surface area (Å²) in [4.78, 5) is 11.4. The smallest absolute Gasteiger partial charge is 0.332 e. The summed E-state index contributed by atoms with van der Waals surface area (Å²) in [6.07, 6.45) is 3.37. The molecule has 132 valence electrons. The summed E-state index contributed by atoms with van der Waals surface area (Å²) >= 11 is 0. The molecule has 1 N–H and O–H groups in total. The Labute approximate surface area is 134 Å². The lowest BCUT2D eigenvalue weighted by Gasteiger charge is -2.19. The quantitative estimate of drug-likeness (QED) is 0.389. The van der Waals surface area contributed by atoms with Crippen LogP contribution >= 0.6 is 0 Å². The minimum absolute atomic E-state index is 0.0115. The maximum absolute atomic E-state index is 11.4. The first-order chi connectivity index (χ1) is 10.5. The van der Waals surface area contributed by atoms with Crippen molar-refractivity contribution in [3.63, 3.8) is 0 Å². The molecule has 0 radical (unpaired) electrons. The van der Waals surface area contributed by atoms with Gasteiger partial charge in [-0.15, -0.1) is 0 Å². The average molecular weight is 320 g/mol. The second kappa shape index (κ2) is 13.9. The van der Waals surface area contributed by atoms with E-state index in [-0.39, 0.29) is 19.2 Å². The lowest BCUT2D eigenvalue weighted by atomic mass is 10.2. The average Bonchev–Trinajstić information content (AvgIpc) is 2.42. The molecule has 0 rings (SSSR count). The van der Waals surface area contributed by atoms with Gasteiger partial charge in [0.1, 0.15) is 12.2 Å². The number of hydrogen-bond donors (Lipinski definition) is 1. The van der Waals surface area contributed by atoms with Crippen molar-refractivity contribution in [1.29, 1.82) is 0 Å². The predicted octanol–water partition coefficient (Wildman–Crippen LogP) is 1.93. The van der Waals surface area contributed by atoms with Gasteiger partial charge in [-0.1, -0.05) is 0 Å². The van der Waals surface area contributed by atoms with E-state index < -0.39 is 5.60 Å². The molecule has 0 fully saturated rings. The second-order valence-electron chi connectivity index (χ2n) is 6.00. The van der Waals surface area contributed by atoms with E-state index in [1.54, 1.807) is 0 Å². The fraction of sp³-hybridized carbons (Fsp3) is 0.938. The van der Waals surface area contributed by atoms with Crippen molar-refractivity contribution in [3.8, 4) is 0 Å².